The van der Waals surface area contributed by atoms with E-state index in [4.69, 9.17) is 11.6 Å². The molecule has 47 heavy (non-hydrogen) atoms. The number of anilines is 2. The molecule has 0 bridgehead atoms. The minimum absolute atomic E-state index is 0.00228. The molecule has 2 N–H and O–H groups in total. The van der Waals surface area contributed by atoms with Crippen LogP contribution in [-0.4, -0.2) is 66.6 Å². The number of amides is 2. The molecule has 13 heteroatoms. The van der Waals surface area contributed by atoms with Crippen molar-refractivity contribution in [2.75, 3.05) is 23.3 Å². The van der Waals surface area contributed by atoms with Crippen molar-refractivity contribution >= 4 is 56.7 Å². The van der Waals surface area contributed by atoms with Crippen molar-refractivity contribution in [3.05, 3.63) is 81.4 Å². The Balaban J connectivity index is 1.65. The molecule has 2 unspecified atom stereocenters. The standard InChI is InChI=1S/C34H32ClFN8O3/c1-7-22(45)42-14-21-33(46)39-29-25-31(27(36)24(26(29)35)23-16(4)8-9-20-19(23)12-38-41-20)44(30-17(5)10-11-37-28(30)15(2)3)34(47)40-32(25)43(21)13-18(42)6/h7-12,15,18,21H,1,13-14H2,2-6H3,(H,38,41)(H,39,46). The number of carbonyl (C=O) groups is 2. The van der Waals surface area contributed by atoms with E-state index in [9.17, 15) is 14.4 Å². The molecule has 2 aliphatic heterocycles. The van der Waals surface area contributed by atoms with E-state index in [-0.39, 0.29) is 64.0 Å². The van der Waals surface area contributed by atoms with E-state index in [2.05, 4.69) is 32.1 Å². The Kier molecular flexibility index (Phi) is 7.16. The van der Waals surface area contributed by atoms with Gasteiger partial charge in [-0.15, -0.1) is 0 Å². The number of aryl methyl sites for hydroxylation is 2. The van der Waals surface area contributed by atoms with Crippen LogP contribution in [0, 0.1) is 19.7 Å². The number of fused-ring (bicyclic) bond motifs is 3. The van der Waals surface area contributed by atoms with Crippen molar-refractivity contribution < 1.29 is 14.0 Å². The number of benzene rings is 2. The van der Waals surface area contributed by atoms with Gasteiger partial charge in [-0.25, -0.2) is 9.18 Å². The summed E-state index contributed by atoms with van der Waals surface area (Å²) in [6.07, 6.45) is 4.45. The van der Waals surface area contributed by atoms with Crippen molar-refractivity contribution in [2.24, 2.45) is 0 Å². The van der Waals surface area contributed by atoms with E-state index in [0.717, 1.165) is 0 Å². The second kappa shape index (κ2) is 11.0. The number of rotatable bonds is 4. The lowest BCUT2D eigenvalue weighted by molar-refractivity contribution is -0.130. The first-order chi connectivity index (χ1) is 22.4. The van der Waals surface area contributed by atoms with Gasteiger partial charge in [-0.1, -0.05) is 38.1 Å². The van der Waals surface area contributed by atoms with Gasteiger partial charge in [-0.2, -0.15) is 10.1 Å². The minimum Gasteiger partial charge on any atom is -0.340 e. The number of H-pyrrole nitrogens is 1. The molecule has 1 fully saturated rings. The maximum absolute atomic E-state index is 17.8. The Hall–Kier alpha value is -5.10. The highest BCUT2D eigenvalue weighted by Crippen LogP contribution is 2.49. The third kappa shape index (κ3) is 4.45. The first kappa shape index (κ1) is 30.5. The smallest absolute Gasteiger partial charge is 0.340 e. The molecular weight excluding hydrogens is 623 g/mol. The topological polar surface area (TPSA) is 129 Å². The molecule has 2 atom stereocenters. The average molecular weight is 655 g/mol. The molecule has 2 aromatic carbocycles. The zero-order valence-electron chi connectivity index (χ0n) is 26.5. The molecule has 2 aliphatic rings. The van der Waals surface area contributed by atoms with Crippen LogP contribution < -0.4 is 15.9 Å². The number of carbonyl (C=O) groups excluding carboxylic acids is 2. The lowest BCUT2D eigenvalue weighted by Gasteiger charge is -2.44. The van der Waals surface area contributed by atoms with E-state index < -0.39 is 23.5 Å². The third-order valence-electron chi connectivity index (χ3n) is 9.22. The summed E-state index contributed by atoms with van der Waals surface area (Å²) in [5, 5.41) is 10.8. The number of nitrogens with one attached hydrogen (secondary N) is 2. The fourth-order valence-corrected chi connectivity index (χ4v) is 7.28. The second-order valence-corrected chi connectivity index (χ2v) is 12.8. The SMILES string of the molecule is C=CC(=O)N1CC2C(=O)Nc3c(Cl)c(-c4c(C)ccc5[nH]ncc45)c(F)c4c3c(nc(=O)n4-c3c(C)ccnc3C(C)C)N2CC1C. The Morgan fingerprint density at radius 3 is 2.64 bits per heavy atom. The van der Waals surface area contributed by atoms with Crippen molar-refractivity contribution in [3.8, 4) is 16.8 Å². The number of nitrogens with zero attached hydrogens (tertiary/aromatic N) is 6. The van der Waals surface area contributed by atoms with Crippen molar-refractivity contribution in [1.82, 2.24) is 29.6 Å². The predicted molar refractivity (Wildman–Crippen MR) is 180 cm³/mol. The van der Waals surface area contributed by atoms with Gasteiger partial charge in [0.15, 0.2) is 5.82 Å². The molecule has 5 heterocycles. The summed E-state index contributed by atoms with van der Waals surface area (Å²) in [6.45, 7) is 13.1. The van der Waals surface area contributed by atoms with E-state index in [1.54, 1.807) is 28.3 Å². The lowest BCUT2D eigenvalue weighted by Crippen LogP contribution is -2.62. The summed E-state index contributed by atoms with van der Waals surface area (Å²) in [5.74, 6) is -1.58. The molecule has 2 amide bonds. The number of hydrogen-bond acceptors (Lipinski definition) is 7. The molecule has 240 valence electrons. The summed E-state index contributed by atoms with van der Waals surface area (Å²) in [5.41, 5.74) is 2.80. The number of hydrogen-bond donors (Lipinski definition) is 2. The maximum Gasteiger partial charge on any atom is 0.354 e. The lowest BCUT2D eigenvalue weighted by atomic mass is 9.94. The normalized spacial score (nSPS) is 17.7. The van der Waals surface area contributed by atoms with E-state index >= 15 is 4.39 Å². The van der Waals surface area contributed by atoms with Gasteiger partial charge in [0.05, 0.1) is 45.7 Å². The second-order valence-electron chi connectivity index (χ2n) is 12.5. The van der Waals surface area contributed by atoms with Crippen molar-refractivity contribution in [1.29, 1.82) is 0 Å². The van der Waals surface area contributed by atoms with Crippen LogP contribution in [0.25, 0.3) is 38.6 Å². The molecule has 1 saturated heterocycles. The van der Waals surface area contributed by atoms with Crippen LogP contribution in [-0.2, 0) is 9.59 Å². The zero-order chi connectivity index (χ0) is 33.5. The van der Waals surface area contributed by atoms with Gasteiger partial charge in [0.25, 0.3) is 0 Å². The van der Waals surface area contributed by atoms with Gasteiger partial charge in [0.2, 0.25) is 11.8 Å². The van der Waals surface area contributed by atoms with E-state index in [1.807, 2.05) is 46.8 Å². The maximum atomic E-state index is 17.8. The highest BCUT2D eigenvalue weighted by atomic mass is 35.5. The largest absolute Gasteiger partial charge is 0.354 e. The first-order valence-electron chi connectivity index (χ1n) is 15.3. The van der Waals surface area contributed by atoms with Gasteiger partial charge < -0.3 is 15.1 Å². The van der Waals surface area contributed by atoms with Crippen LogP contribution in [0.4, 0.5) is 15.9 Å². The fourth-order valence-electron chi connectivity index (χ4n) is 6.96. The van der Waals surface area contributed by atoms with Gasteiger partial charge in [-0.05, 0) is 56.0 Å². The highest BCUT2D eigenvalue weighted by molar-refractivity contribution is 6.40. The number of halogens is 2. The van der Waals surface area contributed by atoms with Crippen LogP contribution in [0.1, 0.15) is 43.5 Å². The van der Waals surface area contributed by atoms with Crippen molar-refractivity contribution in [2.45, 2.75) is 52.6 Å². The summed E-state index contributed by atoms with van der Waals surface area (Å²) >= 11 is 7.18. The third-order valence-corrected chi connectivity index (χ3v) is 9.60. The van der Waals surface area contributed by atoms with Gasteiger partial charge in [0, 0.05) is 35.3 Å². The van der Waals surface area contributed by atoms with Gasteiger partial charge in [-0.3, -0.25) is 24.2 Å². The van der Waals surface area contributed by atoms with E-state index in [0.29, 0.717) is 39.0 Å². The average Bonchev–Trinajstić information content (AvgIpc) is 3.48. The Labute approximate surface area is 274 Å². The van der Waals surface area contributed by atoms with Crippen LogP contribution in [0.5, 0.6) is 0 Å². The number of pyridine rings is 1. The van der Waals surface area contributed by atoms with Gasteiger partial charge >= 0.3 is 5.69 Å². The number of piperazine rings is 1. The molecule has 5 aromatic rings. The van der Waals surface area contributed by atoms with E-state index in [1.165, 1.54) is 10.6 Å². The molecule has 0 saturated carbocycles. The van der Waals surface area contributed by atoms with Crippen LogP contribution in [0.15, 0.2) is 48.0 Å². The molecule has 3 aromatic heterocycles. The molecule has 11 nitrogen and oxygen atoms in total. The monoisotopic (exact) mass is 654 g/mol. The molecular formula is C34H32ClFN8O3. The Bertz CT molecular complexity index is 2240. The predicted octanol–water partition coefficient (Wildman–Crippen LogP) is 5.40. The Morgan fingerprint density at radius 1 is 1.15 bits per heavy atom. The van der Waals surface area contributed by atoms with Crippen molar-refractivity contribution in [3.63, 3.8) is 0 Å². The molecule has 7 rings (SSSR count). The highest BCUT2D eigenvalue weighted by Gasteiger charge is 2.43. The number of aromatic nitrogens is 5. The number of aromatic amines is 1. The van der Waals surface area contributed by atoms with Crippen LogP contribution in [0.3, 0.4) is 0 Å². The quantitative estimate of drug-likeness (QED) is 0.248. The molecule has 0 aliphatic carbocycles. The molecule has 0 spiro atoms. The Morgan fingerprint density at radius 2 is 1.91 bits per heavy atom. The zero-order valence-corrected chi connectivity index (χ0v) is 27.2. The van der Waals surface area contributed by atoms with Crippen LogP contribution >= 0.6 is 11.6 Å². The summed E-state index contributed by atoms with van der Waals surface area (Å²) < 4.78 is 19.0. The first-order valence-corrected chi connectivity index (χ1v) is 15.7. The molecule has 0 radical (unpaired) electrons. The fraction of sp³-hybridized carbons (Fsp3) is 0.294. The van der Waals surface area contributed by atoms with Gasteiger partial charge in [0.1, 0.15) is 17.4 Å². The minimum atomic E-state index is -0.943. The van der Waals surface area contributed by atoms with Crippen LogP contribution in [0.2, 0.25) is 5.02 Å². The summed E-state index contributed by atoms with van der Waals surface area (Å²) in [7, 11) is 0. The summed E-state index contributed by atoms with van der Waals surface area (Å²) in [6, 6.07) is 4.10. The summed E-state index contributed by atoms with van der Waals surface area (Å²) in [4.78, 5) is 53.5.